The molecule has 1 aliphatic rings. The molecule has 0 aromatic rings. The number of nitrogens with one attached hydrogen (secondary N) is 1. The van der Waals surface area contributed by atoms with Gasteiger partial charge in [0.2, 0.25) is 0 Å². The first-order valence-corrected chi connectivity index (χ1v) is 5.54. The summed E-state index contributed by atoms with van der Waals surface area (Å²) in [7, 11) is 0. The number of hydrogen-bond acceptors (Lipinski definition) is 4. The number of amides is 1. The van der Waals surface area contributed by atoms with E-state index >= 15 is 0 Å². The van der Waals surface area contributed by atoms with E-state index in [1.807, 2.05) is 6.92 Å². The summed E-state index contributed by atoms with van der Waals surface area (Å²) in [5.74, 6) is 0. The van der Waals surface area contributed by atoms with E-state index < -0.39 is 0 Å². The van der Waals surface area contributed by atoms with Crippen LogP contribution in [-0.4, -0.2) is 55.0 Å². The van der Waals surface area contributed by atoms with Crippen molar-refractivity contribution in [2.24, 2.45) is 0 Å². The Hall–Kier alpha value is -0.810. The summed E-state index contributed by atoms with van der Waals surface area (Å²) in [6, 6.07) is 0.419. The smallest absolute Gasteiger partial charge is 0.409 e. The Morgan fingerprint density at radius 2 is 2.20 bits per heavy atom. The van der Waals surface area contributed by atoms with E-state index in [1.54, 1.807) is 4.90 Å². The summed E-state index contributed by atoms with van der Waals surface area (Å²) < 4.78 is 4.92. The van der Waals surface area contributed by atoms with E-state index in [-0.39, 0.29) is 12.7 Å². The van der Waals surface area contributed by atoms with Gasteiger partial charge in [-0.05, 0) is 19.8 Å². The first-order valence-electron chi connectivity index (χ1n) is 5.54. The zero-order chi connectivity index (χ0) is 11.1. The molecule has 0 aromatic heterocycles. The lowest BCUT2D eigenvalue weighted by Crippen LogP contribution is -2.45. The molecule has 5 heteroatoms. The highest BCUT2D eigenvalue weighted by Crippen LogP contribution is 2.11. The Morgan fingerprint density at radius 1 is 1.53 bits per heavy atom. The van der Waals surface area contributed by atoms with Crippen LogP contribution in [0.3, 0.4) is 0 Å². The lowest BCUT2D eigenvalue weighted by Gasteiger charge is -2.31. The fraction of sp³-hybridized carbons (Fsp3) is 0.900. The highest BCUT2D eigenvalue weighted by molar-refractivity contribution is 5.67. The second-order valence-electron chi connectivity index (χ2n) is 3.64. The molecule has 1 heterocycles. The zero-order valence-corrected chi connectivity index (χ0v) is 9.24. The number of aliphatic hydroxyl groups is 1. The average Bonchev–Trinajstić information content (AvgIpc) is 2.27. The largest absolute Gasteiger partial charge is 0.450 e. The minimum atomic E-state index is -0.210. The maximum atomic E-state index is 11.4. The summed E-state index contributed by atoms with van der Waals surface area (Å²) in [6.45, 7) is 4.51. The van der Waals surface area contributed by atoms with Gasteiger partial charge >= 0.3 is 6.09 Å². The Morgan fingerprint density at radius 3 is 2.73 bits per heavy atom. The number of rotatable bonds is 4. The summed E-state index contributed by atoms with van der Waals surface area (Å²) in [6.07, 6.45) is 1.65. The van der Waals surface area contributed by atoms with E-state index in [4.69, 9.17) is 9.84 Å². The van der Waals surface area contributed by atoms with Crippen molar-refractivity contribution in [3.8, 4) is 0 Å². The number of ether oxygens (including phenoxy) is 1. The van der Waals surface area contributed by atoms with Gasteiger partial charge < -0.3 is 20.1 Å². The minimum Gasteiger partial charge on any atom is -0.450 e. The monoisotopic (exact) mass is 216 g/mol. The van der Waals surface area contributed by atoms with Crippen LogP contribution in [0.1, 0.15) is 19.8 Å². The Labute approximate surface area is 90.4 Å². The number of carbonyl (C=O) groups excluding carboxylic acids is 1. The molecule has 88 valence electrons. The molecule has 1 fully saturated rings. The highest BCUT2D eigenvalue weighted by atomic mass is 16.6. The first-order chi connectivity index (χ1) is 7.27. The first kappa shape index (κ1) is 12.3. The van der Waals surface area contributed by atoms with Gasteiger partial charge in [0.1, 0.15) is 0 Å². The normalized spacial score (nSPS) is 17.9. The van der Waals surface area contributed by atoms with Gasteiger partial charge in [0, 0.05) is 25.7 Å². The predicted molar refractivity (Wildman–Crippen MR) is 56.7 cm³/mol. The minimum absolute atomic E-state index is 0.165. The van der Waals surface area contributed by atoms with Gasteiger partial charge in [-0.15, -0.1) is 0 Å². The molecular weight excluding hydrogens is 196 g/mol. The lowest BCUT2D eigenvalue weighted by molar-refractivity contribution is 0.0946. The summed E-state index contributed by atoms with van der Waals surface area (Å²) in [4.78, 5) is 13.1. The van der Waals surface area contributed by atoms with Crippen LogP contribution < -0.4 is 5.32 Å². The summed E-state index contributed by atoms with van der Waals surface area (Å²) >= 11 is 0. The van der Waals surface area contributed by atoms with Crippen molar-refractivity contribution >= 4 is 6.09 Å². The van der Waals surface area contributed by atoms with Crippen molar-refractivity contribution in [3.63, 3.8) is 0 Å². The van der Waals surface area contributed by atoms with Crippen LogP contribution in [0.5, 0.6) is 0 Å². The lowest BCUT2D eigenvalue weighted by atomic mass is 10.1. The van der Waals surface area contributed by atoms with Crippen LogP contribution in [0.4, 0.5) is 4.79 Å². The Balaban J connectivity index is 2.20. The number of hydrogen-bond donors (Lipinski definition) is 2. The van der Waals surface area contributed by atoms with Crippen LogP contribution in [0.25, 0.3) is 0 Å². The van der Waals surface area contributed by atoms with E-state index in [1.165, 1.54) is 0 Å². The standard InChI is InChI=1S/C10H20N2O3/c1-2-15-10(14)12-6-3-9(4-7-12)11-5-8-13/h9,11,13H,2-8H2,1H3. The maximum Gasteiger partial charge on any atom is 0.409 e. The van der Waals surface area contributed by atoms with E-state index in [0.29, 0.717) is 19.2 Å². The van der Waals surface area contributed by atoms with Crippen molar-refractivity contribution in [2.45, 2.75) is 25.8 Å². The van der Waals surface area contributed by atoms with Crippen LogP contribution in [-0.2, 0) is 4.74 Å². The Kier molecular flexibility index (Phi) is 5.42. The molecule has 0 atom stereocenters. The van der Waals surface area contributed by atoms with Crippen molar-refractivity contribution in [1.29, 1.82) is 0 Å². The molecule has 0 bridgehead atoms. The molecule has 0 spiro atoms. The number of carbonyl (C=O) groups is 1. The molecule has 1 aliphatic heterocycles. The van der Waals surface area contributed by atoms with Gasteiger partial charge in [-0.3, -0.25) is 0 Å². The maximum absolute atomic E-state index is 11.4. The van der Waals surface area contributed by atoms with E-state index in [2.05, 4.69) is 5.32 Å². The quantitative estimate of drug-likeness (QED) is 0.704. The molecule has 0 saturated carbocycles. The van der Waals surface area contributed by atoms with Crippen LogP contribution in [0.2, 0.25) is 0 Å². The van der Waals surface area contributed by atoms with Crippen molar-refractivity contribution in [2.75, 3.05) is 32.8 Å². The molecule has 0 aliphatic carbocycles. The number of likely N-dealkylation sites (tertiary alicyclic amines) is 1. The molecule has 0 aromatic carbocycles. The van der Waals surface area contributed by atoms with E-state index in [0.717, 1.165) is 25.9 Å². The molecule has 1 amide bonds. The number of piperidine rings is 1. The van der Waals surface area contributed by atoms with Gasteiger partial charge in [0.05, 0.1) is 13.2 Å². The van der Waals surface area contributed by atoms with Gasteiger partial charge in [-0.1, -0.05) is 0 Å². The summed E-state index contributed by atoms with van der Waals surface area (Å²) in [5.41, 5.74) is 0. The third-order valence-corrected chi connectivity index (χ3v) is 2.57. The molecular formula is C10H20N2O3. The van der Waals surface area contributed by atoms with Gasteiger partial charge in [-0.2, -0.15) is 0 Å². The second-order valence-corrected chi connectivity index (χ2v) is 3.64. The summed E-state index contributed by atoms with van der Waals surface area (Å²) in [5, 5.41) is 11.9. The van der Waals surface area contributed by atoms with Crippen LogP contribution in [0, 0.1) is 0 Å². The molecule has 5 nitrogen and oxygen atoms in total. The van der Waals surface area contributed by atoms with Gasteiger partial charge in [-0.25, -0.2) is 4.79 Å². The molecule has 1 rings (SSSR count). The fourth-order valence-electron chi connectivity index (χ4n) is 1.75. The molecule has 0 radical (unpaired) electrons. The molecule has 1 saturated heterocycles. The highest BCUT2D eigenvalue weighted by Gasteiger charge is 2.22. The molecule has 0 unspecified atom stereocenters. The van der Waals surface area contributed by atoms with Gasteiger partial charge in [0.25, 0.3) is 0 Å². The van der Waals surface area contributed by atoms with Crippen molar-refractivity contribution in [3.05, 3.63) is 0 Å². The van der Waals surface area contributed by atoms with Crippen molar-refractivity contribution in [1.82, 2.24) is 10.2 Å². The number of nitrogens with zero attached hydrogens (tertiary/aromatic N) is 1. The van der Waals surface area contributed by atoms with E-state index in [9.17, 15) is 4.79 Å². The topological polar surface area (TPSA) is 61.8 Å². The fourth-order valence-corrected chi connectivity index (χ4v) is 1.75. The third-order valence-electron chi connectivity index (χ3n) is 2.57. The number of aliphatic hydroxyl groups excluding tert-OH is 1. The average molecular weight is 216 g/mol. The molecule has 15 heavy (non-hydrogen) atoms. The van der Waals surface area contributed by atoms with Crippen molar-refractivity contribution < 1.29 is 14.6 Å². The second kappa shape index (κ2) is 6.63. The predicted octanol–water partition coefficient (Wildman–Crippen LogP) is 0.189. The third kappa shape index (κ3) is 4.05. The van der Waals surface area contributed by atoms with Crippen LogP contribution >= 0.6 is 0 Å². The SMILES string of the molecule is CCOC(=O)N1CCC(NCCO)CC1. The molecule has 2 N–H and O–H groups in total. The van der Waals surface area contributed by atoms with Gasteiger partial charge in [0.15, 0.2) is 0 Å². The Bertz CT molecular complexity index is 191. The zero-order valence-electron chi connectivity index (χ0n) is 9.24. The van der Waals surface area contributed by atoms with Crippen LogP contribution in [0.15, 0.2) is 0 Å².